The van der Waals surface area contributed by atoms with Gasteiger partial charge in [-0.3, -0.25) is 14.4 Å². The van der Waals surface area contributed by atoms with Gasteiger partial charge in [-0.15, -0.1) is 0 Å². The summed E-state index contributed by atoms with van der Waals surface area (Å²) >= 11 is 0. The molecule has 1 aliphatic heterocycles. The summed E-state index contributed by atoms with van der Waals surface area (Å²) in [5.41, 5.74) is 0.184. The van der Waals surface area contributed by atoms with E-state index in [-0.39, 0.29) is 31.0 Å². The molecule has 1 saturated heterocycles. The zero-order chi connectivity index (χ0) is 29.9. The van der Waals surface area contributed by atoms with Gasteiger partial charge in [0.25, 0.3) is 0 Å². The molecule has 5 N–H and O–H groups in total. The van der Waals surface area contributed by atoms with E-state index in [4.69, 9.17) is 9.47 Å². The van der Waals surface area contributed by atoms with Crippen LogP contribution in [0.15, 0.2) is 30.3 Å². The number of nitrogens with one attached hydrogen (secondary N) is 4. The van der Waals surface area contributed by atoms with Crippen LogP contribution >= 0.6 is 0 Å². The fourth-order valence-electron chi connectivity index (χ4n) is 4.57. The van der Waals surface area contributed by atoms with Crippen molar-refractivity contribution in [1.29, 1.82) is 0 Å². The van der Waals surface area contributed by atoms with Crippen molar-refractivity contribution in [2.24, 2.45) is 11.8 Å². The molecule has 5 atom stereocenters. The highest BCUT2D eigenvalue weighted by molar-refractivity contribution is 5.91. The molecule has 1 aromatic rings. The molecule has 0 aromatic heterocycles. The van der Waals surface area contributed by atoms with E-state index in [1.807, 2.05) is 65.0 Å². The number of hydrogen-bond acceptors (Lipinski definition) is 7. The van der Waals surface area contributed by atoms with Crippen LogP contribution in [-0.2, 0) is 30.5 Å². The van der Waals surface area contributed by atoms with Crippen LogP contribution in [0.25, 0.3) is 0 Å². The highest BCUT2D eigenvalue weighted by Gasteiger charge is 2.35. The first-order chi connectivity index (χ1) is 18.8. The lowest BCUT2D eigenvalue weighted by atomic mass is 9.97. The Morgan fingerprint density at radius 3 is 2.27 bits per heavy atom. The number of amides is 4. The van der Waals surface area contributed by atoms with Gasteiger partial charge in [0, 0.05) is 12.5 Å². The molecular weight excluding hydrogens is 516 g/mol. The molecule has 11 heteroatoms. The second-order valence-corrected chi connectivity index (χ2v) is 11.7. The predicted molar refractivity (Wildman–Crippen MR) is 150 cm³/mol. The van der Waals surface area contributed by atoms with E-state index in [9.17, 15) is 24.3 Å². The van der Waals surface area contributed by atoms with Gasteiger partial charge in [-0.25, -0.2) is 4.79 Å². The van der Waals surface area contributed by atoms with Crippen LogP contribution in [-0.4, -0.2) is 71.9 Å². The third-order valence-electron chi connectivity index (χ3n) is 6.42. The Morgan fingerprint density at radius 2 is 1.73 bits per heavy atom. The molecule has 1 aromatic carbocycles. The van der Waals surface area contributed by atoms with Crippen LogP contribution in [0.3, 0.4) is 0 Å². The summed E-state index contributed by atoms with van der Waals surface area (Å²) in [6.45, 7) is 11.3. The van der Waals surface area contributed by atoms with Gasteiger partial charge in [-0.05, 0) is 58.4 Å². The van der Waals surface area contributed by atoms with Gasteiger partial charge in [-0.2, -0.15) is 0 Å². The van der Waals surface area contributed by atoms with Gasteiger partial charge in [0.05, 0.1) is 24.4 Å². The number of aliphatic hydroxyl groups excluding tert-OH is 1. The van der Waals surface area contributed by atoms with E-state index in [1.165, 1.54) is 0 Å². The molecule has 2 rings (SSSR count). The summed E-state index contributed by atoms with van der Waals surface area (Å²) in [6, 6.07) is 6.41. The molecule has 0 aliphatic carbocycles. The average molecular weight is 563 g/mol. The first-order valence-electron chi connectivity index (χ1n) is 13.9. The van der Waals surface area contributed by atoms with Crippen LogP contribution < -0.4 is 21.3 Å². The Labute approximate surface area is 237 Å². The standard InChI is InChI=1S/C29H46N4O7/c1-18(2)14-23(26(36)31-22(16-34)15-21-12-13-30-25(21)35)32-27(37)24(19(3)40-29(4,5)6)33-28(38)39-17-20-10-8-7-9-11-20/h7-11,18-19,21-24,34H,12-17H2,1-6H3,(H,30,35)(H,31,36)(H,32,37)(H,33,38)/t19?,21-,22-,23-,24-/m0/s1. The van der Waals surface area contributed by atoms with Crippen molar-refractivity contribution in [1.82, 2.24) is 21.3 Å². The largest absolute Gasteiger partial charge is 0.445 e. The highest BCUT2D eigenvalue weighted by atomic mass is 16.6. The molecule has 0 saturated carbocycles. The summed E-state index contributed by atoms with van der Waals surface area (Å²) < 4.78 is 11.3. The molecule has 1 heterocycles. The van der Waals surface area contributed by atoms with Crippen molar-refractivity contribution >= 4 is 23.8 Å². The van der Waals surface area contributed by atoms with Crippen molar-refractivity contribution in [3.63, 3.8) is 0 Å². The number of ether oxygens (including phenoxy) is 2. The normalized spacial score (nSPS) is 18.3. The molecule has 0 bridgehead atoms. The van der Waals surface area contributed by atoms with Crippen molar-refractivity contribution in [3.05, 3.63) is 35.9 Å². The van der Waals surface area contributed by atoms with Crippen molar-refractivity contribution < 1.29 is 33.8 Å². The predicted octanol–water partition coefficient (Wildman–Crippen LogP) is 2.02. The molecular formula is C29H46N4O7. The van der Waals surface area contributed by atoms with Crippen LogP contribution in [0.4, 0.5) is 4.79 Å². The smallest absolute Gasteiger partial charge is 0.408 e. The van der Waals surface area contributed by atoms with Crippen LogP contribution in [0.2, 0.25) is 0 Å². The van der Waals surface area contributed by atoms with Gasteiger partial charge >= 0.3 is 6.09 Å². The van der Waals surface area contributed by atoms with Gasteiger partial charge in [0.15, 0.2) is 0 Å². The summed E-state index contributed by atoms with van der Waals surface area (Å²) in [4.78, 5) is 51.4. The first kappa shape index (κ1) is 33.0. The minimum absolute atomic E-state index is 0.0233. The highest BCUT2D eigenvalue weighted by Crippen LogP contribution is 2.17. The average Bonchev–Trinajstić information content (AvgIpc) is 3.28. The molecule has 0 radical (unpaired) electrons. The van der Waals surface area contributed by atoms with E-state index in [1.54, 1.807) is 6.92 Å². The lowest BCUT2D eigenvalue weighted by Gasteiger charge is -2.32. The minimum Gasteiger partial charge on any atom is -0.445 e. The molecule has 4 amide bonds. The van der Waals surface area contributed by atoms with Gasteiger partial charge in [0.2, 0.25) is 17.7 Å². The van der Waals surface area contributed by atoms with Crippen molar-refractivity contribution in [2.45, 2.75) is 97.2 Å². The number of carbonyl (C=O) groups is 4. The van der Waals surface area contributed by atoms with Gasteiger partial charge in [0.1, 0.15) is 18.7 Å². The maximum Gasteiger partial charge on any atom is 0.408 e. The summed E-state index contributed by atoms with van der Waals surface area (Å²) in [5, 5.41) is 20.8. The number of benzene rings is 1. The molecule has 224 valence electrons. The summed E-state index contributed by atoms with van der Waals surface area (Å²) in [5.74, 6) is -1.42. The van der Waals surface area contributed by atoms with Gasteiger partial charge < -0.3 is 35.8 Å². The van der Waals surface area contributed by atoms with Crippen molar-refractivity contribution in [3.8, 4) is 0 Å². The zero-order valence-electron chi connectivity index (χ0n) is 24.5. The van der Waals surface area contributed by atoms with E-state index >= 15 is 0 Å². The lowest BCUT2D eigenvalue weighted by molar-refractivity contribution is -0.135. The van der Waals surface area contributed by atoms with Crippen LogP contribution in [0.1, 0.15) is 66.4 Å². The lowest BCUT2D eigenvalue weighted by Crippen LogP contribution is -2.59. The SMILES string of the molecule is CC(C)C[C@H](NC(=O)[C@@H](NC(=O)OCc1ccccc1)C(C)OC(C)(C)C)C(=O)N[C@H](CO)C[C@@H]1CCNC1=O. The number of rotatable bonds is 14. The van der Waals surface area contributed by atoms with E-state index in [0.717, 1.165) is 5.56 Å². The fraction of sp³-hybridized carbons (Fsp3) is 0.655. The molecule has 1 fully saturated rings. The summed E-state index contributed by atoms with van der Waals surface area (Å²) in [6.07, 6.45) is -0.299. The monoisotopic (exact) mass is 562 g/mol. The molecule has 40 heavy (non-hydrogen) atoms. The topological polar surface area (TPSA) is 155 Å². The second kappa shape index (κ2) is 15.6. The maximum atomic E-state index is 13.5. The quantitative estimate of drug-likeness (QED) is 0.232. The third-order valence-corrected chi connectivity index (χ3v) is 6.42. The van der Waals surface area contributed by atoms with E-state index in [2.05, 4.69) is 21.3 Å². The van der Waals surface area contributed by atoms with E-state index in [0.29, 0.717) is 25.8 Å². The molecule has 0 spiro atoms. The maximum absolute atomic E-state index is 13.5. The first-order valence-corrected chi connectivity index (χ1v) is 13.9. The number of carbonyl (C=O) groups excluding carboxylic acids is 4. The molecule has 1 unspecified atom stereocenters. The number of alkyl carbamates (subject to hydrolysis) is 1. The molecule has 11 nitrogen and oxygen atoms in total. The number of hydrogen-bond donors (Lipinski definition) is 5. The Bertz CT molecular complexity index is 980. The van der Waals surface area contributed by atoms with Gasteiger partial charge in [-0.1, -0.05) is 44.2 Å². The summed E-state index contributed by atoms with van der Waals surface area (Å²) in [7, 11) is 0. The molecule has 1 aliphatic rings. The zero-order valence-corrected chi connectivity index (χ0v) is 24.5. The Kier molecular flexibility index (Phi) is 12.9. The Balaban J connectivity index is 2.12. The Hall–Kier alpha value is -3.18. The minimum atomic E-state index is -1.15. The van der Waals surface area contributed by atoms with E-state index < -0.39 is 47.7 Å². The third kappa shape index (κ3) is 11.5. The second-order valence-electron chi connectivity index (χ2n) is 11.7. The van der Waals surface area contributed by atoms with Crippen LogP contribution in [0, 0.1) is 11.8 Å². The number of aliphatic hydroxyl groups is 1. The van der Waals surface area contributed by atoms with Crippen LogP contribution in [0.5, 0.6) is 0 Å². The Morgan fingerprint density at radius 1 is 1.05 bits per heavy atom. The fourth-order valence-corrected chi connectivity index (χ4v) is 4.57. The van der Waals surface area contributed by atoms with Crippen molar-refractivity contribution in [2.75, 3.05) is 13.2 Å².